The summed E-state index contributed by atoms with van der Waals surface area (Å²) >= 11 is 6.02. The monoisotopic (exact) mass is 269 g/mol. The van der Waals surface area contributed by atoms with E-state index in [1.807, 2.05) is 45.0 Å². The highest BCUT2D eigenvalue weighted by atomic mass is 35.5. The number of hydrogen-bond donors (Lipinski definition) is 1. The Morgan fingerprint density at radius 1 is 1.33 bits per heavy atom. The number of nitrogens with one attached hydrogen (secondary N) is 1. The molecule has 1 aromatic rings. The Morgan fingerprint density at radius 3 is 2.61 bits per heavy atom. The molecule has 0 amide bonds. The van der Waals surface area contributed by atoms with Crippen molar-refractivity contribution in [2.45, 2.75) is 39.3 Å². The van der Waals surface area contributed by atoms with E-state index in [1.54, 1.807) is 0 Å². The van der Waals surface area contributed by atoms with Gasteiger partial charge >= 0.3 is 5.97 Å². The van der Waals surface area contributed by atoms with Crippen molar-refractivity contribution in [3.63, 3.8) is 0 Å². The van der Waals surface area contributed by atoms with E-state index < -0.39 is 5.60 Å². The van der Waals surface area contributed by atoms with Crippen molar-refractivity contribution in [3.05, 3.63) is 34.9 Å². The van der Waals surface area contributed by atoms with E-state index in [4.69, 9.17) is 16.3 Å². The number of carbonyl (C=O) groups excluding carboxylic acids is 1. The van der Waals surface area contributed by atoms with E-state index in [0.29, 0.717) is 19.5 Å². The highest BCUT2D eigenvalue weighted by Gasteiger charge is 2.15. The molecule has 0 saturated carbocycles. The molecule has 1 rings (SSSR count). The van der Waals surface area contributed by atoms with Crippen molar-refractivity contribution >= 4 is 17.6 Å². The number of esters is 1. The van der Waals surface area contributed by atoms with Gasteiger partial charge in [0.15, 0.2) is 0 Å². The normalized spacial score (nSPS) is 11.3. The number of carbonyl (C=O) groups is 1. The molecular formula is C14H20ClNO2. The summed E-state index contributed by atoms with van der Waals surface area (Å²) in [6, 6.07) is 7.65. The lowest BCUT2D eigenvalue weighted by molar-refractivity contribution is -0.154. The third-order valence-electron chi connectivity index (χ3n) is 2.20. The fourth-order valence-corrected chi connectivity index (χ4v) is 1.65. The van der Waals surface area contributed by atoms with Crippen LogP contribution in [0.4, 0.5) is 0 Å². The molecule has 0 fully saturated rings. The quantitative estimate of drug-likeness (QED) is 0.659. The second-order valence-electron chi connectivity index (χ2n) is 5.10. The predicted molar refractivity (Wildman–Crippen MR) is 73.6 cm³/mol. The molecular weight excluding hydrogens is 250 g/mol. The lowest BCUT2D eigenvalue weighted by atomic mass is 10.2. The average Bonchev–Trinajstić information content (AvgIpc) is 2.24. The zero-order chi connectivity index (χ0) is 13.6. The van der Waals surface area contributed by atoms with Crippen molar-refractivity contribution in [1.82, 2.24) is 5.32 Å². The SMILES string of the molecule is CC(C)(C)OC(=O)CCNCc1ccccc1Cl. The van der Waals surface area contributed by atoms with Gasteiger partial charge in [0.1, 0.15) is 5.60 Å². The molecule has 0 aromatic heterocycles. The first-order chi connectivity index (χ1) is 8.38. The molecule has 1 aromatic carbocycles. The van der Waals surface area contributed by atoms with Gasteiger partial charge in [0.2, 0.25) is 0 Å². The van der Waals surface area contributed by atoms with Crippen LogP contribution in [0, 0.1) is 0 Å². The number of ether oxygens (including phenoxy) is 1. The number of halogens is 1. The summed E-state index contributed by atoms with van der Waals surface area (Å²) in [5.41, 5.74) is 0.614. The van der Waals surface area contributed by atoms with E-state index in [2.05, 4.69) is 5.32 Å². The van der Waals surface area contributed by atoms with Crippen LogP contribution in [0.5, 0.6) is 0 Å². The minimum absolute atomic E-state index is 0.186. The summed E-state index contributed by atoms with van der Waals surface area (Å²) < 4.78 is 5.21. The summed E-state index contributed by atoms with van der Waals surface area (Å²) in [7, 11) is 0. The Kier molecular flexibility index (Phi) is 5.63. The first-order valence-electron chi connectivity index (χ1n) is 6.04. The molecule has 0 heterocycles. The van der Waals surface area contributed by atoms with Crippen molar-refractivity contribution in [2.75, 3.05) is 6.54 Å². The van der Waals surface area contributed by atoms with Crippen LogP contribution in [0.3, 0.4) is 0 Å². The summed E-state index contributed by atoms with van der Waals surface area (Å²) in [5.74, 6) is -0.186. The van der Waals surface area contributed by atoms with Gasteiger partial charge in [-0.2, -0.15) is 0 Å². The number of hydrogen-bond acceptors (Lipinski definition) is 3. The largest absolute Gasteiger partial charge is 0.460 e. The molecule has 1 N–H and O–H groups in total. The maximum Gasteiger partial charge on any atom is 0.307 e. The van der Waals surface area contributed by atoms with Crippen molar-refractivity contribution in [2.24, 2.45) is 0 Å². The Labute approximate surface area is 113 Å². The molecule has 0 spiro atoms. The van der Waals surface area contributed by atoms with E-state index in [1.165, 1.54) is 0 Å². The topological polar surface area (TPSA) is 38.3 Å². The lowest BCUT2D eigenvalue weighted by Crippen LogP contribution is -2.26. The first-order valence-corrected chi connectivity index (χ1v) is 6.42. The standard InChI is InChI=1S/C14H20ClNO2/c1-14(2,3)18-13(17)8-9-16-10-11-6-4-5-7-12(11)15/h4-7,16H,8-10H2,1-3H3. The Morgan fingerprint density at radius 2 is 2.00 bits per heavy atom. The van der Waals surface area contributed by atoms with Crippen LogP contribution in [0.1, 0.15) is 32.8 Å². The predicted octanol–water partition coefficient (Wildman–Crippen LogP) is 3.16. The Hall–Kier alpha value is -1.06. The fraction of sp³-hybridized carbons (Fsp3) is 0.500. The highest BCUT2D eigenvalue weighted by Crippen LogP contribution is 2.14. The van der Waals surface area contributed by atoms with Crippen molar-refractivity contribution in [3.8, 4) is 0 Å². The van der Waals surface area contributed by atoms with Crippen LogP contribution < -0.4 is 5.32 Å². The van der Waals surface area contributed by atoms with E-state index in [0.717, 1.165) is 10.6 Å². The minimum Gasteiger partial charge on any atom is -0.460 e. The number of benzene rings is 1. The molecule has 0 aliphatic heterocycles. The fourth-order valence-electron chi connectivity index (χ4n) is 1.45. The van der Waals surface area contributed by atoms with E-state index >= 15 is 0 Å². The molecule has 100 valence electrons. The maximum absolute atomic E-state index is 11.4. The minimum atomic E-state index is -0.417. The summed E-state index contributed by atoms with van der Waals surface area (Å²) in [6.07, 6.45) is 0.363. The van der Waals surface area contributed by atoms with Crippen molar-refractivity contribution in [1.29, 1.82) is 0 Å². The molecule has 0 radical (unpaired) electrons. The van der Waals surface area contributed by atoms with Gasteiger partial charge in [-0.25, -0.2) is 0 Å². The smallest absolute Gasteiger partial charge is 0.307 e. The van der Waals surface area contributed by atoms with Gasteiger partial charge in [-0.1, -0.05) is 29.8 Å². The van der Waals surface area contributed by atoms with Crippen LogP contribution >= 0.6 is 11.6 Å². The molecule has 0 saturated heterocycles. The highest BCUT2D eigenvalue weighted by molar-refractivity contribution is 6.31. The van der Waals surface area contributed by atoms with Gasteiger partial charge in [0.25, 0.3) is 0 Å². The van der Waals surface area contributed by atoms with Crippen LogP contribution in [-0.2, 0) is 16.1 Å². The molecule has 0 atom stereocenters. The van der Waals surface area contributed by atoms with Gasteiger partial charge in [-0.05, 0) is 32.4 Å². The van der Waals surface area contributed by atoms with Gasteiger partial charge in [-0.15, -0.1) is 0 Å². The van der Waals surface area contributed by atoms with Gasteiger partial charge < -0.3 is 10.1 Å². The molecule has 0 aliphatic carbocycles. The molecule has 4 heteroatoms. The third kappa shape index (κ3) is 6.03. The first kappa shape index (κ1) is 15.0. The summed E-state index contributed by atoms with van der Waals surface area (Å²) in [5, 5.41) is 3.91. The van der Waals surface area contributed by atoms with E-state index in [-0.39, 0.29) is 5.97 Å². The average molecular weight is 270 g/mol. The van der Waals surface area contributed by atoms with Crippen LogP contribution in [0.2, 0.25) is 5.02 Å². The molecule has 0 unspecified atom stereocenters. The van der Waals surface area contributed by atoms with Gasteiger partial charge in [0.05, 0.1) is 6.42 Å². The Balaban J connectivity index is 2.23. The zero-order valence-electron chi connectivity index (χ0n) is 11.1. The number of rotatable bonds is 5. The maximum atomic E-state index is 11.4. The van der Waals surface area contributed by atoms with Crippen molar-refractivity contribution < 1.29 is 9.53 Å². The van der Waals surface area contributed by atoms with Crippen LogP contribution in [0.15, 0.2) is 24.3 Å². The molecule has 0 bridgehead atoms. The lowest BCUT2D eigenvalue weighted by Gasteiger charge is -2.19. The Bertz CT molecular complexity index is 399. The third-order valence-corrected chi connectivity index (χ3v) is 2.57. The zero-order valence-corrected chi connectivity index (χ0v) is 11.9. The summed E-state index contributed by atoms with van der Waals surface area (Å²) in [4.78, 5) is 11.4. The summed E-state index contributed by atoms with van der Waals surface area (Å²) in [6.45, 7) is 6.83. The van der Waals surface area contributed by atoms with Crippen LogP contribution in [-0.4, -0.2) is 18.1 Å². The second-order valence-corrected chi connectivity index (χ2v) is 5.51. The second kappa shape index (κ2) is 6.76. The van der Waals surface area contributed by atoms with Gasteiger partial charge in [-0.3, -0.25) is 4.79 Å². The van der Waals surface area contributed by atoms with Gasteiger partial charge in [0, 0.05) is 18.1 Å². The molecule has 18 heavy (non-hydrogen) atoms. The molecule has 0 aliphatic rings. The molecule has 3 nitrogen and oxygen atoms in total. The van der Waals surface area contributed by atoms with E-state index in [9.17, 15) is 4.79 Å². The van der Waals surface area contributed by atoms with Crippen LogP contribution in [0.25, 0.3) is 0 Å².